The van der Waals surface area contributed by atoms with E-state index in [0.717, 1.165) is 38.8 Å². The molecular formula is C23H19F3N2OS. The highest BCUT2D eigenvalue weighted by Crippen LogP contribution is 2.30. The van der Waals surface area contributed by atoms with Gasteiger partial charge >= 0.3 is 6.18 Å². The van der Waals surface area contributed by atoms with Crippen LogP contribution >= 0.6 is 11.3 Å². The van der Waals surface area contributed by atoms with Crippen LogP contribution in [0.5, 0.6) is 0 Å². The molecule has 0 saturated heterocycles. The average Bonchev–Trinajstić information content (AvgIpc) is 3.05. The highest BCUT2D eigenvalue weighted by atomic mass is 32.1. The summed E-state index contributed by atoms with van der Waals surface area (Å²) >= 11 is 1.47. The third-order valence-electron chi connectivity index (χ3n) is 4.25. The van der Waals surface area contributed by atoms with E-state index in [9.17, 15) is 18.0 Å². The van der Waals surface area contributed by atoms with Crippen LogP contribution in [0.25, 0.3) is 11.3 Å². The van der Waals surface area contributed by atoms with Crippen molar-refractivity contribution in [1.82, 2.24) is 10.3 Å². The normalized spacial score (nSPS) is 11.0. The van der Waals surface area contributed by atoms with Crippen LogP contribution in [0.1, 0.15) is 26.6 Å². The zero-order chi connectivity index (χ0) is 21.7. The van der Waals surface area contributed by atoms with Crippen LogP contribution in [0.3, 0.4) is 0 Å². The minimum Gasteiger partial charge on any atom is -0.345 e. The first kappa shape index (κ1) is 21.6. The van der Waals surface area contributed by atoms with E-state index in [1.807, 2.05) is 38.1 Å². The fraction of sp³-hybridized carbons (Fsp3) is 0.217. The average molecular weight is 428 g/mol. The maximum absolute atomic E-state index is 12.7. The Bertz CT molecular complexity index is 1110. The largest absolute Gasteiger partial charge is 0.416 e. The predicted octanol–water partition coefficient (Wildman–Crippen LogP) is 5.16. The van der Waals surface area contributed by atoms with Gasteiger partial charge in [-0.1, -0.05) is 47.7 Å². The smallest absolute Gasteiger partial charge is 0.345 e. The number of aromatic nitrogens is 1. The Kier molecular flexibility index (Phi) is 6.58. The lowest BCUT2D eigenvalue weighted by atomic mass is 10.1. The van der Waals surface area contributed by atoms with E-state index in [2.05, 4.69) is 22.1 Å². The molecule has 7 heteroatoms. The van der Waals surface area contributed by atoms with Crippen LogP contribution < -0.4 is 5.32 Å². The molecule has 0 saturated carbocycles. The molecule has 3 aromatic rings. The van der Waals surface area contributed by atoms with Gasteiger partial charge in [-0.25, -0.2) is 4.98 Å². The van der Waals surface area contributed by atoms with Gasteiger partial charge in [-0.05, 0) is 32.0 Å². The summed E-state index contributed by atoms with van der Waals surface area (Å²) in [5.74, 6) is 5.12. The highest BCUT2D eigenvalue weighted by molar-refractivity contribution is 7.12. The molecule has 0 fully saturated rings. The van der Waals surface area contributed by atoms with Crippen LogP contribution in [-0.4, -0.2) is 17.4 Å². The van der Waals surface area contributed by atoms with Crippen molar-refractivity contribution >= 4 is 17.2 Å². The molecule has 3 nitrogen and oxygen atoms in total. The summed E-state index contributed by atoms with van der Waals surface area (Å²) < 4.78 is 38.2. The van der Waals surface area contributed by atoms with Crippen molar-refractivity contribution in [3.8, 4) is 23.1 Å². The van der Waals surface area contributed by atoms with Gasteiger partial charge in [0.15, 0.2) is 0 Å². The Morgan fingerprint density at radius 2 is 1.87 bits per heavy atom. The van der Waals surface area contributed by atoms with E-state index < -0.39 is 11.7 Å². The summed E-state index contributed by atoms with van der Waals surface area (Å²) in [4.78, 5) is 17.7. The first-order chi connectivity index (χ1) is 14.2. The number of hydrogen-bond donors (Lipinski definition) is 1. The fourth-order valence-electron chi connectivity index (χ4n) is 2.80. The minimum atomic E-state index is -4.41. The molecule has 1 heterocycles. The molecule has 0 bridgehead atoms. The summed E-state index contributed by atoms with van der Waals surface area (Å²) in [6, 6.07) is 12.7. The van der Waals surface area contributed by atoms with Crippen LogP contribution in [0, 0.1) is 25.7 Å². The van der Waals surface area contributed by atoms with Crippen LogP contribution in [0.4, 0.5) is 13.2 Å². The van der Waals surface area contributed by atoms with Gasteiger partial charge in [-0.3, -0.25) is 4.79 Å². The van der Waals surface area contributed by atoms with Crippen LogP contribution in [0.2, 0.25) is 0 Å². The van der Waals surface area contributed by atoms with Crippen molar-refractivity contribution in [3.63, 3.8) is 0 Å². The summed E-state index contributed by atoms with van der Waals surface area (Å²) in [5.41, 5.74) is 2.39. The third kappa shape index (κ3) is 5.71. The lowest BCUT2D eigenvalue weighted by Gasteiger charge is -2.05. The topological polar surface area (TPSA) is 42.0 Å². The molecule has 0 aliphatic heterocycles. The van der Waals surface area contributed by atoms with Crippen molar-refractivity contribution in [1.29, 1.82) is 0 Å². The molecule has 1 aromatic heterocycles. The van der Waals surface area contributed by atoms with Crippen LogP contribution in [-0.2, 0) is 17.4 Å². The Morgan fingerprint density at radius 3 is 2.57 bits per heavy atom. The summed E-state index contributed by atoms with van der Waals surface area (Å²) in [6.45, 7) is 3.95. The molecule has 3 rings (SSSR count). The Morgan fingerprint density at radius 1 is 1.13 bits per heavy atom. The van der Waals surface area contributed by atoms with Gasteiger partial charge in [0.05, 0.1) is 29.2 Å². The number of nitrogens with one attached hydrogen (secondary N) is 1. The lowest BCUT2D eigenvalue weighted by Crippen LogP contribution is -2.25. The summed E-state index contributed by atoms with van der Waals surface area (Å²) in [6.07, 6.45) is -4.24. The monoisotopic (exact) mass is 428 g/mol. The van der Waals surface area contributed by atoms with Gasteiger partial charge in [-0.2, -0.15) is 13.2 Å². The highest BCUT2D eigenvalue weighted by Gasteiger charge is 2.30. The molecule has 0 spiro atoms. The molecule has 0 atom stereocenters. The van der Waals surface area contributed by atoms with Gasteiger partial charge in [0, 0.05) is 16.0 Å². The molecule has 0 aliphatic carbocycles. The van der Waals surface area contributed by atoms with E-state index >= 15 is 0 Å². The van der Waals surface area contributed by atoms with Crippen molar-refractivity contribution < 1.29 is 18.0 Å². The zero-order valence-corrected chi connectivity index (χ0v) is 17.2. The van der Waals surface area contributed by atoms with E-state index in [1.165, 1.54) is 23.5 Å². The number of alkyl halides is 3. The maximum atomic E-state index is 12.7. The third-order valence-corrected chi connectivity index (χ3v) is 5.22. The molecule has 154 valence electrons. The van der Waals surface area contributed by atoms with Gasteiger partial charge in [0.25, 0.3) is 0 Å². The first-order valence-electron chi connectivity index (χ1n) is 9.18. The second-order valence-corrected chi connectivity index (χ2v) is 7.99. The number of nitrogens with zero attached hydrogens (tertiary/aromatic N) is 1. The SMILES string of the molecule is Cc1ccc(-c2nc(C)sc2CC(=O)NCC#Cc2cccc(C(F)(F)F)c2)cc1. The zero-order valence-electron chi connectivity index (χ0n) is 16.4. The second-order valence-electron chi connectivity index (χ2n) is 6.70. The van der Waals surface area contributed by atoms with E-state index in [4.69, 9.17) is 0 Å². The number of benzene rings is 2. The lowest BCUT2D eigenvalue weighted by molar-refractivity contribution is -0.137. The number of thiazole rings is 1. The van der Waals surface area contributed by atoms with E-state index in [0.29, 0.717) is 0 Å². The number of hydrogen-bond acceptors (Lipinski definition) is 3. The van der Waals surface area contributed by atoms with Gasteiger partial charge in [0.1, 0.15) is 0 Å². The number of aryl methyl sites for hydroxylation is 2. The van der Waals surface area contributed by atoms with Gasteiger partial charge < -0.3 is 5.32 Å². The van der Waals surface area contributed by atoms with E-state index in [-0.39, 0.29) is 24.4 Å². The Balaban J connectivity index is 1.62. The predicted molar refractivity (Wildman–Crippen MR) is 112 cm³/mol. The molecule has 0 unspecified atom stereocenters. The maximum Gasteiger partial charge on any atom is 0.416 e. The standard InChI is InChI=1S/C23H19F3N2OS/c1-15-8-10-18(11-9-15)22-20(30-16(2)28-22)14-21(29)27-12-4-6-17-5-3-7-19(13-17)23(24,25)26/h3,5,7-11,13H,12,14H2,1-2H3,(H,27,29). The number of amides is 1. The van der Waals surface area contributed by atoms with Gasteiger partial charge in [-0.15, -0.1) is 11.3 Å². The first-order valence-corrected chi connectivity index (χ1v) is 10.00. The summed E-state index contributed by atoms with van der Waals surface area (Å²) in [5, 5.41) is 3.56. The molecule has 0 aliphatic rings. The van der Waals surface area contributed by atoms with Crippen molar-refractivity contribution in [2.75, 3.05) is 6.54 Å². The molecule has 1 N–H and O–H groups in total. The van der Waals surface area contributed by atoms with Crippen molar-refractivity contribution in [2.24, 2.45) is 0 Å². The minimum absolute atomic E-state index is 0.0483. The number of rotatable bonds is 4. The molecular weight excluding hydrogens is 409 g/mol. The summed E-state index contributed by atoms with van der Waals surface area (Å²) in [7, 11) is 0. The number of carbonyl (C=O) groups is 1. The quantitative estimate of drug-likeness (QED) is 0.584. The number of carbonyl (C=O) groups excluding carboxylic acids is 1. The van der Waals surface area contributed by atoms with Crippen molar-refractivity contribution in [3.05, 3.63) is 75.1 Å². The molecule has 30 heavy (non-hydrogen) atoms. The van der Waals surface area contributed by atoms with Gasteiger partial charge in [0.2, 0.25) is 5.91 Å². The Labute approximate surface area is 177 Å². The second kappa shape index (κ2) is 9.14. The molecule has 0 radical (unpaired) electrons. The number of halogens is 3. The Hall–Kier alpha value is -3.11. The molecule has 2 aromatic carbocycles. The fourth-order valence-corrected chi connectivity index (χ4v) is 3.75. The molecule has 1 amide bonds. The van der Waals surface area contributed by atoms with Crippen molar-refractivity contribution in [2.45, 2.75) is 26.4 Å². The van der Waals surface area contributed by atoms with E-state index in [1.54, 1.807) is 0 Å². The van der Waals surface area contributed by atoms with Crippen LogP contribution in [0.15, 0.2) is 48.5 Å².